The van der Waals surface area contributed by atoms with Crippen molar-refractivity contribution >= 4 is 17.4 Å². The van der Waals surface area contributed by atoms with Crippen molar-refractivity contribution in [2.45, 2.75) is 46.5 Å². The van der Waals surface area contributed by atoms with Gasteiger partial charge in [0.2, 0.25) is 5.91 Å². The number of primary amides is 1. The minimum atomic E-state index is -0.206. The summed E-state index contributed by atoms with van der Waals surface area (Å²) in [6.45, 7) is 8.09. The average Bonchev–Trinajstić information content (AvgIpc) is 2.80. The summed E-state index contributed by atoms with van der Waals surface area (Å²) in [4.78, 5) is 18.1. The second kappa shape index (κ2) is 6.18. The number of rotatable bonds is 4. The molecular formula is C17H25N5O. The Bertz CT molecular complexity index is 736. The maximum absolute atomic E-state index is 11.0. The number of amides is 1. The molecule has 1 atom stereocenters. The Hall–Kier alpha value is -2.11. The van der Waals surface area contributed by atoms with Gasteiger partial charge in [0, 0.05) is 36.8 Å². The first kappa shape index (κ1) is 15.8. The highest BCUT2D eigenvalue weighted by Gasteiger charge is 2.23. The number of hydrogen-bond donors (Lipinski definition) is 1. The zero-order valence-electron chi connectivity index (χ0n) is 14.2. The number of aromatic nitrogens is 3. The zero-order chi connectivity index (χ0) is 16.6. The second-order valence-corrected chi connectivity index (χ2v) is 6.66. The molecule has 1 amide bonds. The molecule has 0 unspecified atom stereocenters. The van der Waals surface area contributed by atoms with E-state index < -0.39 is 0 Å². The van der Waals surface area contributed by atoms with Crippen LogP contribution in [0.15, 0.2) is 6.07 Å². The van der Waals surface area contributed by atoms with Crippen molar-refractivity contribution in [1.82, 2.24) is 14.6 Å². The molecule has 124 valence electrons. The number of hydrogen-bond acceptors (Lipinski definition) is 4. The Morgan fingerprint density at radius 2 is 2.17 bits per heavy atom. The number of piperidine rings is 1. The molecule has 23 heavy (non-hydrogen) atoms. The van der Waals surface area contributed by atoms with Crippen LogP contribution in [0.1, 0.15) is 42.6 Å². The molecule has 0 saturated carbocycles. The molecule has 0 bridgehead atoms. The molecule has 2 aromatic heterocycles. The van der Waals surface area contributed by atoms with Crippen LogP contribution in [-0.4, -0.2) is 33.6 Å². The van der Waals surface area contributed by atoms with E-state index in [0.29, 0.717) is 12.3 Å². The van der Waals surface area contributed by atoms with E-state index in [9.17, 15) is 4.79 Å². The first-order valence-corrected chi connectivity index (χ1v) is 8.32. The predicted octanol–water partition coefficient (Wildman–Crippen LogP) is 2.14. The van der Waals surface area contributed by atoms with Crippen molar-refractivity contribution < 1.29 is 4.79 Å². The summed E-state index contributed by atoms with van der Waals surface area (Å²) in [7, 11) is 0. The van der Waals surface area contributed by atoms with Gasteiger partial charge in [-0.3, -0.25) is 4.79 Å². The van der Waals surface area contributed by atoms with E-state index in [-0.39, 0.29) is 5.91 Å². The minimum absolute atomic E-state index is 0.206. The van der Waals surface area contributed by atoms with Gasteiger partial charge in [-0.1, -0.05) is 0 Å². The molecule has 0 aliphatic carbocycles. The van der Waals surface area contributed by atoms with E-state index in [1.54, 1.807) is 0 Å². The Morgan fingerprint density at radius 3 is 2.91 bits per heavy atom. The summed E-state index contributed by atoms with van der Waals surface area (Å²) >= 11 is 0. The fourth-order valence-corrected chi connectivity index (χ4v) is 3.41. The van der Waals surface area contributed by atoms with Gasteiger partial charge in [-0.2, -0.15) is 9.61 Å². The largest absolute Gasteiger partial charge is 0.370 e. The molecule has 6 heteroatoms. The van der Waals surface area contributed by atoms with Gasteiger partial charge < -0.3 is 10.6 Å². The van der Waals surface area contributed by atoms with Gasteiger partial charge in [-0.25, -0.2) is 4.98 Å². The van der Waals surface area contributed by atoms with Crippen LogP contribution in [0.5, 0.6) is 0 Å². The lowest BCUT2D eigenvalue weighted by atomic mass is 9.93. The number of nitrogens with two attached hydrogens (primary N) is 1. The SMILES string of the molecule is Cc1cc(N2CCC[C@H](CCC(N)=O)C2)n2nc(C)c(C)c2n1. The van der Waals surface area contributed by atoms with Gasteiger partial charge in [-0.05, 0) is 46.0 Å². The van der Waals surface area contributed by atoms with Crippen LogP contribution < -0.4 is 10.6 Å². The Morgan fingerprint density at radius 1 is 1.39 bits per heavy atom. The topological polar surface area (TPSA) is 76.5 Å². The van der Waals surface area contributed by atoms with Crippen LogP contribution in [0, 0.1) is 26.7 Å². The summed E-state index contributed by atoms with van der Waals surface area (Å²) < 4.78 is 1.97. The fourth-order valence-electron chi connectivity index (χ4n) is 3.41. The number of carbonyl (C=O) groups excluding carboxylic acids is 1. The van der Waals surface area contributed by atoms with Gasteiger partial charge >= 0.3 is 0 Å². The number of fused-ring (bicyclic) bond motifs is 1. The van der Waals surface area contributed by atoms with Crippen LogP contribution in [0.3, 0.4) is 0 Å². The highest BCUT2D eigenvalue weighted by Crippen LogP contribution is 2.27. The van der Waals surface area contributed by atoms with E-state index in [4.69, 9.17) is 5.73 Å². The summed E-state index contributed by atoms with van der Waals surface area (Å²) in [5.74, 6) is 1.41. The van der Waals surface area contributed by atoms with Crippen molar-refractivity contribution in [3.63, 3.8) is 0 Å². The van der Waals surface area contributed by atoms with Crippen LogP contribution in [0.2, 0.25) is 0 Å². The van der Waals surface area contributed by atoms with E-state index >= 15 is 0 Å². The minimum Gasteiger partial charge on any atom is -0.370 e. The van der Waals surface area contributed by atoms with Crippen molar-refractivity contribution in [2.75, 3.05) is 18.0 Å². The van der Waals surface area contributed by atoms with E-state index in [1.807, 2.05) is 18.4 Å². The summed E-state index contributed by atoms with van der Waals surface area (Å²) in [5, 5.41) is 4.67. The highest BCUT2D eigenvalue weighted by atomic mass is 16.1. The van der Waals surface area contributed by atoms with Crippen molar-refractivity contribution in [2.24, 2.45) is 11.7 Å². The quantitative estimate of drug-likeness (QED) is 0.938. The van der Waals surface area contributed by atoms with Gasteiger partial charge in [0.1, 0.15) is 5.82 Å². The lowest BCUT2D eigenvalue weighted by Gasteiger charge is -2.34. The smallest absolute Gasteiger partial charge is 0.217 e. The third-order valence-corrected chi connectivity index (χ3v) is 4.81. The first-order chi connectivity index (χ1) is 11.0. The van der Waals surface area contributed by atoms with Crippen LogP contribution in [0.25, 0.3) is 5.65 Å². The van der Waals surface area contributed by atoms with E-state index in [2.05, 4.69) is 28.0 Å². The zero-order valence-corrected chi connectivity index (χ0v) is 14.2. The van der Waals surface area contributed by atoms with Crippen LogP contribution in [-0.2, 0) is 4.79 Å². The normalized spacial score (nSPS) is 18.6. The third kappa shape index (κ3) is 3.16. The molecule has 2 N–H and O–H groups in total. The van der Waals surface area contributed by atoms with Gasteiger partial charge in [-0.15, -0.1) is 0 Å². The van der Waals surface area contributed by atoms with Crippen molar-refractivity contribution in [3.05, 3.63) is 23.0 Å². The van der Waals surface area contributed by atoms with E-state index in [1.165, 1.54) is 0 Å². The molecule has 1 fully saturated rings. The molecule has 1 aliphatic heterocycles. The van der Waals surface area contributed by atoms with E-state index in [0.717, 1.165) is 60.8 Å². The Balaban J connectivity index is 1.90. The third-order valence-electron chi connectivity index (χ3n) is 4.81. The molecular weight excluding hydrogens is 290 g/mol. The number of nitrogens with zero attached hydrogens (tertiary/aromatic N) is 4. The number of anilines is 1. The van der Waals surface area contributed by atoms with Crippen LogP contribution >= 0.6 is 0 Å². The van der Waals surface area contributed by atoms with Gasteiger partial charge in [0.05, 0.1) is 5.69 Å². The molecule has 3 heterocycles. The molecule has 3 rings (SSSR count). The fraction of sp³-hybridized carbons (Fsp3) is 0.588. The lowest BCUT2D eigenvalue weighted by molar-refractivity contribution is -0.118. The average molecular weight is 315 g/mol. The van der Waals surface area contributed by atoms with Crippen molar-refractivity contribution in [3.8, 4) is 0 Å². The lowest BCUT2D eigenvalue weighted by Crippen LogP contribution is -2.37. The Kier molecular flexibility index (Phi) is 4.24. The second-order valence-electron chi connectivity index (χ2n) is 6.66. The van der Waals surface area contributed by atoms with Crippen molar-refractivity contribution in [1.29, 1.82) is 0 Å². The van der Waals surface area contributed by atoms with Gasteiger partial charge in [0.25, 0.3) is 0 Å². The highest BCUT2D eigenvalue weighted by molar-refractivity contribution is 5.73. The first-order valence-electron chi connectivity index (χ1n) is 8.32. The summed E-state index contributed by atoms with van der Waals surface area (Å²) in [6, 6.07) is 2.11. The number of aryl methyl sites for hydroxylation is 3. The molecule has 0 spiro atoms. The predicted molar refractivity (Wildman–Crippen MR) is 90.6 cm³/mol. The Labute approximate surface area is 136 Å². The van der Waals surface area contributed by atoms with Crippen LogP contribution in [0.4, 0.5) is 5.82 Å². The molecule has 0 radical (unpaired) electrons. The summed E-state index contributed by atoms with van der Waals surface area (Å²) in [6.07, 6.45) is 3.64. The maximum atomic E-state index is 11.0. The standard InChI is InChI=1S/C17H25N5O/c1-11-9-16(22-17(19-11)12(2)13(3)20-22)21-8-4-5-14(10-21)6-7-15(18)23/h9,14H,4-8,10H2,1-3H3,(H2,18,23)/t14-/m1/s1. The molecule has 2 aromatic rings. The monoisotopic (exact) mass is 315 g/mol. The maximum Gasteiger partial charge on any atom is 0.217 e. The molecule has 1 saturated heterocycles. The molecule has 1 aliphatic rings. The van der Waals surface area contributed by atoms with Gasteiger partial charge in [0.15, 0.2) is 5.65 Å². The molecule has 6 nitrogen and oxygen atoms in total. The molecule has 0 aromatic carbocycles. The number of carbonyl (C=O) groups is 1. The summed E-state index contributed by atoms with van der Waals surface area (Å²) in [5.41, 5.74) is 9.40.